The first-order valence-electron chi connectivity index (χ1n) is 10.9. The first kappa shape index (κ1) is 17.9. The Hall–Kier alpha value is -3.78. The van der Waals surface area contributed by atoms with Crippen LogP contribution in [0.2, 0.25) is 0 Å². The molecule has 1 amide bonds. The fourth-order valence-corrected chi connectivity index (χ4v) is 5.10. The van der Waals surface area contributed by atoms with Gasteiger partial charge in [-0.1, -0.05) is 41.6 Å². The van der Waals surface area contributed by atoms with Crippen LogP contribution in [0.3, 0.4) is 0 Å². The molecular weight excluding hydrogens is 404 g/mol. The third kappa shape index (κ3) is 2.53. The van der Waals surface area contributed by atoms with Crippen LogP contribution in [0.25, 0.3) is 17.3 Å². The molecule has 8 nitrogen and oxygen atoms in total. The molecule has 1 atom stereocenters. The van der Waals surface area contributed by atoms with Gasteiger partial charge in [-0.05, 0) is 29.7 Å². The Morgan fingerprint density at radius 1 is 1.03 bits per heavy atom. The molecule has 3 aliphatic rings. The van der Waals surface area contributed by atoms with Crippen molar-refractivity contribution in [3.63, 3.8) is 0 Å². The second-order valence-corrected chi connectivity index (χ2v) is 8.60. The summed E-state index contributed by atoms with van der Waals surface area (Å²) < 4.78 is 7.67. The van der Waals surface area contributed by atoms with Gasteiger partial charge in [0.15, 0.2) is 11.5 Å². The molecule has 7 rings (SSSR count). The molecule has 0 saturated carbocycles. The number of amides is 1. The zero-order chi connectivity index (χ0) is 21.2. The van der Waals surface area contributed by atoms with Crippen LogP contribution in [-0.4, -0.2) is 41.9 Å². The summed E-state index contributed by atoms with van der Waals surface area (Å²) in [5.74, 6) is 1.11. The highest BCUT2D eigenvalue weighted by Gasteiger charge is 2.42. The minimum absolute atomic E-state index is 0.0316. The molecule has 1 saturated heterocycles. The number of para-hydroxylation sites is 1. The second kappa shape index (κ2) is 6.61. The molecule has 5 heterocycles. The van der Waals surface area contributed by atoms with Crippen molar-refractivity contribution in [2.75, 3.05) is 6.54 Å². The summed E-state index contributed by atoms with van der Waals surface area (Å²) in [7, 11) is 0. The molecular formula is C24H20N6O2. The van der Waals surface area contributed by atoms with E-state index in [4.69, 9.17) is 4.52 Å². The Morgan fingerprint density at radius 3 is 2.59 bits per heavy atom. The molecule has 0 bridgehead atoms. The minimum atomic E-state index is -0.0316. The number of imidazole rings is 1. The molecule has 0 aliphatic carbocycles. The fourth-order valence-electron chi connectivity index (χ4n) is 5.10. The summed E-state index contributed by atoms with van der Waals surface area (Å²) in [6.45, 7) is 3.13. The van der Waals surface area contributed by atoms with E-state index < -0.39 is 0 Å². The van der Waals surface area contributed by atoms with Gasteiger partial charge in [-0.25, -0.2) is 4.98 Å². The van der Waals surface area contributed by atoms with Crippen LogP contribution in [0.1, 0.15) is 45.5 Å². The number of benzene rings is 2. The van der Waals surface area contributed by atoms with Gasteiger partial charge in [0.25, 0.3) is 11.8 Å². The average Bonchev–Trinajstić information content (AvgIpc) is 3.50. The van der Waals surface area contributed by atoms with Crippen molar-refractivity contribution in [1.29, 1.82) is 0 Å². The van der Waals surface area contributed by atoms with Gasteiger partial charge in [-0.3, -0.25) is 14.3 Å². The SMILES string of the molecule is O=C1c2ccccc2-n2cnc(-c3nc(CN4Cc5ccccc5C4)no3)c2[C@@H]2CCN12. The smallest absolute Gasteiger partial charge is 0.278 e. The van der Waals surface area contributed by atoms with Gasteiger partial charge in [0.1, 0.15) is 6.33 Å². The van der Waals surface area contributed by atoms with Gasteiger partial charge in [-0.2, -0.15) is 4.98 Å². The van der Waals surface area contributed by atoms with Gasteiger partial charge < -0.3 is 9.42 Å². The normalized spacial score (nSPS) is 19.1. The van der Waals surface area contributed by atoms with E-state index in [2.05, 4.69) is 44.3 Å². The Kier molecular flexibility index (Phi) is 3.69. The van der Waals surface area contributed by atoms with Crippen molar-refractivity contribution >= 4 is 5.91 Å². The van der Waals surface area contributed by atoms with Crippen molar-refractivity contribution in [2.24, 2.45) is 0 Å². The van der Waals surface area contributed by atoms with Crippen molar-refractivity contribution in [3.8, 4) is 17.3 Å². The lowest BCUT2D eigenvalue weighted by atomic mass is 9.97. The van der Waals surface area contributed by atoms with E-state index in [0.29, 0.717) is 29.5 Å². The molecule has 3 aliphatic heterocycles. The molecule has 2 aromatic carbocycles. The first-order chi connectivity index (χ1) is 15.8. The molecule has 4 aromatic rings. The maximum atomic E-state index is 13.0. The molecule has 32 heavy (non-hydrogen) atoms. The molecule has 0 N–H and O–H groups in total. The van der Waals surface area contributed by atoms with Crippen molar-refractivity contribution in [1.82, 2.24) is 29.5 Å². The predicted molar refractivity (Wildman–Crippen MR) is 115 cm³/mol. The topological polar surface area (TPSA) is 80.3 Å². The summed E-state index contributed by atoms with van der Waals surface area (Å²) in [4.78, 5) is 26.6. The van der Waals surface area contributed by atoms with Crippen LogP contribution in [0.5, 0.6) is 0 Å². The lowest BCUT2D eigenvalue weighted by Gasteiger charge is -2.39. The maximum absolute atomic E-state index is 13.0. The number of carbonyl (C=O) groups excluding carboxylic acids is 1. The van der Waals surface area contributed by atoms with E-state index in [1.54, 1.807) is 6.33 Å². The summed E-state index contributed by atoms with van der Waals surface area (Å²) in [6, 6.07) is 16.1. The molecule has 0 unspecified atom stereocenters. The van der Waals surface area contributed by atoms with Gasteiger partial charge in [0, 0.05) is 19.6 Å². The van der Waals surface area contributed by atoms with Crippen LogP contribution < -0.4 is 0 Å². The Bertz CT molecular complexity index is 1350. The van der Waals surface area contributed by atoms with E-state index in [1.807, 2.05) is 33.7 Å². The van der Waals surface area contributed by atoms with Crippen molar-refractivity contribution in [2.45, 2.75) is 32.1 Å². The Morgan fingerprint density at radius 2 is 1.81 bits per heavy atom. The first-order valence-corrected chi connectivity index (χ1v) is 10.9. The third-order valence-corrected chi connectivity index (χ3v) is 6.74. The second-order valence-electron chi connectivity index (χ2n) is 8.60. The monoisotopic (exact) mass is 424 g/mol. The summed E-state index contributed by atoms with van der Waals surface area (Å²) in [6.07, 6.45) is 2.66. The van der Waals surface area contributed by atoms with Crippen LogP contribution >= 0.6 is 0 Å². The summed E-state index contributed by atoms with van der Waals surface area (Å²) >= 11 is 0. The van der Waals surface area contributed by atoms with E-state index in [1.165, 1.54) is 11.1 Å². The number of rotatable bonds is 3. The highest BCUT2D eigenvalue weighted by molar-refractivity contribution is 5.99. The molecule has 0 radical (unpaired) electrons. The van der Waals surface area contributed by atoms with E-state index in [9.17, 15) is 4.79 Å². The molecule has 0 spiro atoms. The van der Waals surface area contributed by atoms with E-state index >= 15 is 0 Å². The Balaban J connectivity index is 1.23. The lowest BCUT2D eigenvalue weighted by Crippen LogP contribution is -2.44. The number of carbonyl (C=O) groups is 1. The molecule has 2 aromatic heterocycles. The number of aromatic nitrogens is 4. The van der Waals surface area contributed by atoms with Crippen molar-refractivity contribution < 1.29 is 9.32 Å². The zero-order valence-electron chi connectivity index (χ0n) is 17.3. The van der Waals surface area contributed by atoms with Gasteiger partial charge in [-0.15, -0.1) is 0 Å². The molecule has 8 heteroatoms. The van der Waals surface area contributed by atoms with Crippen LogP contribution in [0.4, 0.5) is 0 Å². The zero-order valence-corrected chi connectivity index (χ0v) is 17.3. The summed E-state index contributed by atoms with van der Waals surface area (Å²) in [5, 5.41) is 4.23. The van der Waals surface area contributed by atoms with Crippen LogP contribution in [0.15, 0.2) is 59.4 Å². The number of hydrogen-bond acceptors (Lipinski definition) is 6. The molecule has 1 fully saturated rings. The van der Waals surface area contributed by atoms with Gasteiger partial charge in [0.2, 0.25) is 0 Å². The van der Waals surface area contributed by atoms with E-state index in [0.717, 1.165) is 37.4 Å². The highest BCUT2D eigenvalue weighted by Crippen LogP contribution is 2.43. The maximum Gasteiger partial charge on any atom is 0.278 e. The van der Waals surface area contributed by atoms with E-state index in [-0.39, 0.29) is 11.9 Å². The third-order valence-electron chi connectivity index (χ3n) is 6.74. The van der Waals surface area contributed by atoms with Crippen molar-refractivity contribution in [3.05, 3.63) is 83.1 Å². The number of fused-ring (bicyclic) bond motifs is 6. The quantitative estimate of drug-likeness (QED) is 0.502. The Labute approximate surface area is 184 Å². The highest BCUT2D eigenvalue weighted by atomic mass is 16.5. The number of hydrogen-bond donors (Lipinski definition) is 0. The average molecular weight is 424 g/mol. The van der Waals surface area contributed by atoms with Gasteiger partial charge >= 0.3 is 0 Å². The van der Waals surface area contributed by atoms with Crippen LogP contribution in [-0.2, 0) is 19.6 Å². The summed E-state index contributed by atoms with van der Waals surface area (Å²) in [5.41, 5.74) is 5.84. The van der Waals surface area contributed by atoms with Gasteiger partial charge in [0.05, 0.1) is 29.5 Å². The predicted octanol–water partition coefficient (Wildman–Crippen LogP) is 3.34. The minimum Gasteiger partial charge on any atom is -0.332 e. The van der Waals surface area contributed by atoms with Crippen LogP contribution in [0, 0.1) is 0 Å². The standard InChI is InChI=1S/C24H20N6O2/c31-24-17-7-3-4-8-18(17)30-14-25-21(22(30)19-9-10-29(19)24)23-26-20(27-32-23)13-28-11-15-5-1-2-6-16(15)12-28/h1-8,14,19H,9-13H2/t19-/m0/s1. The largest absolute Gasteiger partial charge is 0.332 e. The number of nitrogens with zero attached hydrogens (tertiary/aromatic N) is 6. The fraction of sp³-hybridized carbons (Fsp3) is 0.250. The molecule has 158 valence electrons. The lowest BCUT2D eigenvalue weighted by molar-refractivity contribution is 0.0461.